The van der Waals surface area contributed by atoms with Crippen molar-refractivity contribution < 1.29 is 4.79 Å². The Bertz CT molecular complexity index is 1220. The third-order valence-electron chi connectivity index (χ3n) is 7.88. The molecule has 0 spiro atoms. The van der Waals surface area contributed by atoms with Crippen LogP contribution in [0, 0.1) is 13.8 Å². The van der Waals surface area contributed by atoms with Crippen LogP contribution < -0.4 is 15.5 Å². The Morgan fingerprint density at radius 3 is 2.34 bits per heavy atom. The van der Waals surface area contributed by atoms with Crippen molar-refractivity contribution in [1.82, 2.24) is 20.5 Å². The quantitative estimate of drug-likeness (QED) is 0.491. The van der Waals surface area contributed by atoms with Gasteiger partial charge in [0.15, 0.2) is 0 Å². The van der Waals surface area contributed by atoms with Gasteiger partial charge in [-0.1, -0.05) is 42.0 Å². The van der Waals surface area contributed by atoms with E-state index in [0.717, 1.165) is 68.1 Å². The first-order valence-corrected chi connectivity index (χ1v) is 14.0. The Morgan fingerprint density at radius 1 is 0.974 bits per heavy atom. The minimum absolute atomic E-state index is 0.0214. The van der Waals surface area contributed by atoms with E-state index < -0.39 is 0 Å². The fourth-order valence-corrected chi connectivity index (χ4v) is 5.78. The predicted molar refractivity (Wildman–Crippen MR) is 156 cm³/mol. The molecule has 38 heavy (non-hydrogen) atoms. The van der Waals surface area contributed by atoms with Gasteiger partial charge in [0, 0.05) is 62.6 Å². The SMILES string of the molecule is Cc1ccc(-c2cc(C(=O)NC3CCN(Cc4ccc(N5CC(C)NC(C)C5)nc4)CC3)ccc2C)cc1. The van der Waals surface area contributed by atoms with Crippen molar-refractivity contribution in [2.45, 2.75) is 65.2 Å². The van der Waals surface area contributed by atoms with Gasteiger partial charge in [0.25, 0.3) is 5.91 Å². The van der Waals surface area contributed by atoms with Gasteiger partial charge in [-0.15, -0.1) is 0 Å². The number of piperazine rings is 1. The lowest BCUT2D eigenvalue weighted by atomic mass is 9.96. The third-order valence-corrected chi connectivity index (χ3v) is 7.88. The van der Waals surface area contributed by atoms with Crippen molar-refractivity contribution in [3.63, 3.8) is 0 Å². The molecular formula is C32H41N5O. The minimum atomic E-state index is 0.0214. The van der Waals surface area contributed by atoms with E-state index in [9.17, 15) is 4.79 Å². The summed E-state index contributed by atoms with van der Waals surface area (Å²) >= 11 is 0. The van der Waals surface area contributed by atoms with Gasteiger partial charge in [-0.3, -0.25) is 9.69 Å². The zero-order valence-corrected chi connectivity index (χ0v) is 23.2. The number of amides is 1. The van der Waals surface area contributed by atoms with Crippen molar-refractivity contribution in [1.29, 1.82) is 0 Å². The Hall–Kier alpha value is -3.22. The van der Waals surface area contributed by atoms with Crippen LogP contribution in [0.4, 0.5) is 5.82 Å². The van der Waals surface area contributed by atoms with Crippen LogP contribution >= 0.6 is 0 Å². The smallest absolute Gasteiger partial charge is 0.251 e. The lowest BCUT2D eigenvalue weighted by Gasteiger charge is -2.37. The normalized spacial score (nSPS) is 20.9. The molecule has 1 aromatic heterocycles. The molecule has 6 nitrogen and oxygen atoms in total. The summed E-state index contributed by atoms with van der Waals surface area (Å²) in [4.78, 5) is 22.7. The summed E-state index contributed by atoms with van der Waals surface area (Å²) in [6, 6.07) is 20.1. The summed E-state index contributed by atoms with van der Waals surface area (Å²) in [5, 5.41) is 6.87. The first-order chi connectivity index (χ1) is 18.3. The second-order valence-electron chi connectivity index (χ2n) is 11.3. The van der Waals surface area contributed by atoms with E-state index in [1.807, 2.05) is 18.3 Å². The molecule has 2 aliphatic rings. The number of aryl methyl sites for hydroxylation is 2. The number of nitrogens with zero attached hydrogens (tertiary/aromatic N) is 3. The number of hydrogen-bond donors (Lipinski definition) is 2. The van der Waals surface area contributed by atoms with E-state index in [1.165, 1.54) is 16.7 Å². The van der Waals surface area contributed by atoms with E-state index in [1.54, 1.807) is 0 Å². The number of anilines is 1. The van der Waals surface area contributed by atoms with Gasteiger partial charge >= 0.3 is 0 Å². The molecule has 2 aromatic carbocycles. The van der Waals surface area contributed by atoms with E-state index >= 15 is 0 Å². The first kappa shape index (κ1) is 26.4. The Kier molecular flexibility index (Phi) is 8.10. The molecule has 6 heteroatoms. The highest BCUT2D eigenvalue weighted by Gasteiger charge is 2.23. The van der Waals surface area contributed by atoms with Crippen LogP contribution in [0.5, 0.6) is 0 Å². The molecule has 2 saturated heterocycles. The van der Waals surface area contributed by atoms with Crippen LogP contribution in [0.15, 0.2) is 60.8 Å². The highest BCUT2D eigenvalue weighted by atomic mass is 16.1. The highest BCUT2D eigenvalue weighted by Crippen LogP contribution is 2.25. The molecule has 2 aliphatic heterocycles. The lowest BCUT2D eigenvalue weighted by molar-refractivity contribution is 0.0909. The van der Waals surface area contributed by atoms with E-state index in [4.69, 9.17) is 4.98 Å². The maximum absolute atomic E-state index is 13.1. The first-order valence-electron chi connectivity index (χ1n) is 14.0. The minimum Gasteiger partial charge on any atom is -0.354 e. The molecular weight excluding hydrogens is 470 g/mol. The van der Waals surface area contributed by atoms with Crippen molar-refractivity contribution >= 4 is 11.7 Å². The number of benzene rings is 2. The lowest BCUT2D eigenvalue weighted by Crippen LogP contribution is -2.54. The fraction of sp³-hybridized carbons (Fsp3) is 0.438. The molecule has 0 bridgehead atoms. The standard InChI is InChI=1S/C32H41N5O/c1-22-5-9-27(10-6-22)30-17-28(11-7-23(30)2)32(38)35-29-13-15-36(16-14-29)21-26-8-12-31(33-18-26)37-19-24(3)34-25(4)20-37/h5-12,17-18,24-25,29,34H,13-16,19-21H2,1-4H3,(H,35,38). The average molecular weight is 512 g/mol. The predicted octanol–water partition coefficient (Wildman–Crippen LogP) is 4.95. The number of carbonyl (C=O) groups is 1. The number of piperidine rings is 1. The molecule has 2 atom stereocenters. The van der Waals surface area contributed by atoms with Crippen LogP contribution in [0.3, 0.4) is 0 Å². The zero-order valence-electron chi connectivity index (χ0n) is 23.2. The number of likely N-dealkylation sites (tertiary alicyclic amines) is 1. The second kappa shape index (κ2) is 11.7. The van der Waals surface area contributed by atoms with Gasteiger partial charge in [-0.05, 0) is 81.0 Å². The summed E-state index contributed by atoms with van der Waals surface area (Å²) < 4.78 is 0. The summed E-state index contributed by atoms with van der Waals surface area (Å²) in [5.74, 6) is 1.09. The van der Waals surface area contributed by atoms with Gasteiger partial charge in [0.1, 0.15) is 5.82 Å². The molecule has 5 rings (SSSR count). The van der Waals surface area contributed by atoms with Crippen molar-refractivity contribution in [2.24, 2.45) is 0 Å². The molecule has 200 valence electrons. The Balaban J connectivity index is 1.12. The molecule has 2 N–H and O–H groups in total. The maximum atomic E-state index is 13.1. The molecule has 1 amide bonds. The number of nitrogens with one attached hydrogen (secondary N) is 2. The van der Waals surface area contributed by atoms with E-state index in [0.29, 0.717) is 12.1 Å². The number of carbonyl (C=O) groups excluding carboxylic acids is 1. The van der Waals surface area contributed by atoms with Crippen LogP contribution in [-0.2, 0) is 6.54 Å². The summed E-state index contributed by atoms with van der Waals surface area (Å²) in [6.45, 7) is 13.5. The number of pyridine rings is 1. The van der Waals surface area contributed by atoms with Crippen molar-refractivity contribution in [3.05, 3.63) is 83.0 Å². The average Bonchev–Trinajstić information content (AvgIpc) is 2.90. The monoisotopic (exact) mass is 511 g/mol. The van der Waals surface area contributed by atoms with Crippen LogP contribution in [0.2, 0.25) is 0 Å². The summed E-state index contributed by atoms with van der Waals surface area (Å²) in [7, 11) is 0. The molecule has 3 aromatic rings. The van der Waals surface area contributed by atoms with Gasteiger partial charge in [0.05, 0.1) is 0 Å². The Labute approximate surface area is 227 Å². The van der Waals surface area contributed by atoms with Gasteiger partial charge in [-0.2, -0.15) is 0 Å². The Morgan fingerprint density at radius 2 is 1.68 bits per heavy atom. The van der Waals surface area contributed by atoms with Crippen LogP contribution in [0.25, 0.3) is 11.1 Å². The van der Waals surface area contributed by atoms with Crippen molar-refractivity contribution in [3.8, 4) is 11.1 Å². The van der Waals surface area contributed by atoms with Crippen molar-refractivity contribution in [2.75, 3.05) is 31.1 Å². The van der Waals surface area contributed by atoms with Gasteiger partial charge in [-0.25, -0.2) is 4.98 Å². The molecule has 0 radical (unpaired) electrons. The highest BCUT2D eigenvalue weighted by molar-refractivity contribution is 5.96. The summed E-state index contributed by atoms with van der Waals surface area (Å²) in [5.41, 5.74) is 6.66. The number of hydrogen-bond acceptors (Lipinski definition) is 5. The summed E-state index contributed by atoms with van der Waals surface area (Å²) in [6.07, 6.45) is 3.96. The fourth-order valence-electron chi connectivity index (χ4n) is 5.78. The maximum Gasteiger partial charge on any atom is 0.251 e. The van der Waals surface area contributed by atoms with Crippen LogP contribution in [-0.4, -0.2) is 60.1 Å². The van der Waals surface area contributed by atoms with Gasteiger partial charge < -0.3 is 15.5 Å². The third kappa shape index (κ3) is 6.43. The number of rotatable bonds is 6. The number of aromatic nitrogens is 1. The molecule has 0 saturated carbocycles. The molecule has 0 aliphatic carbocycles. The van der Waals surface area contributed by atoms with E-state index in [2.05, 4.69) is 90.6 Å². The van der Waals surface area contributed by atoms with Gasteiger partial charge in [0.2, 0.25) is 0 Å². The van der Waals surface area contributed by atoms with Crippen LogP contribution in [0.1, 0.15) is 53.7 Å². The second-order valence-corrected chi connectivity index (χ2v) is 11.3. The van der Waals surface area contributed by atoms with E-state index in [-0.39, 0.29) is 11.9 Å². The topological polar surface area (TPSA) is 60.5 Å². The molecule has 2 fully saturated rings. The molecule has 3 heterocycles. The molecule has 2 unspecified atom stereocenters. The largest absolute Gasteiger partial charge is 0.354 e. The zero-order chi connectivity index (χ0) is 26.6.